The molecule has 0 aromatic carbocycles. The van der Waals surface area contributed by atoms with Gasteiger partial charge in [0.05, 0.1) is 6.61 Å². The second-order valence-corrected chi connectivity index (χ2v) is 4.81. The van der Waals surface area contributed by atoms with E-state index in [9.17, 15) is 4.79 Å². The van der Waals surface area contributed by atoms with Crippen LogP contribution in [0.25, 0.3) is 0 Å². The molecule has 1 aliphatic heterocycles. The molecule has 1 aromatic rings. The van der Waals surface area contributed by atoms with Crippen LogP contribution < -0.4 is 0 Å². The Labute approximate surface area is 108 Å². The number of pyridine rings is 1. The smallest absolute Gasteiger partial charge is 0.356 e. The Balaban J connectivity index is 1.84. The highest BCUT2D eigenvalue weighted by molar-refractivity contribution is 9.10. The zero-order valence-corrected chi connectivity index (χ0v) is 11.0. The van der Waals surface area contributed by atoms with E-state index in [0.29, 0.717) is 22.8 Å². The summed E-state index contributed by atoms with van der Waals surface area (Å²) in [6.07, 6.45) is 1.92. The van der Waals surface area contributed by atoms with Crippen molar-refractivity contribution >= 4 is 21.9 Å². The largest absolute Gasteiger partial charge is 0.461 e. The molecule has 0 aliphatic carbocycles. The maximum atomic E-state index is 11.7. The highest BCUT2D eigenvalue weighted by Crippen LogP contribution is 2.15. The molecule has 1 aliphatic rings. The van der Waals surface area contributed by atoms with E-state index in [2.05, 4.69) is 20.9 Å². The molecule has 0 radical (unpaired) electrons. The van der Waals surface area contributed by atoms with Gasteiger partial charge in [-0.15, -0.1) is 0 Å². The van der Waals surface area contributed by atoms with Gasteiger partial charge >= 0.3 is 5.97 Å². The molecule has 0 saturated carbocycles. The number of ether oxygens (including phenoxy) is 2. The van der Waals surface area contributed by atoms with Gasteiger partial charge in [0.1, 0.15) is 10.3 Å². The first-order chi connectivity index (χ1) is 8.25. The summed E-state index contributed by atoms with van der Waals surface area (Å²) >= 11 is 3.22. The number of nitrogens with zero attached hydrogens (tertiary/aromatic N) is 1. The number of rotatable bonds is 3. The van der Waals surface area contributed by atoms with Crippen molar-refractivity contribution in [2.45, 2.75) is 12.8 Å². The molecule has 2 heterocycles. The van der Waals surface area contributed by atoms with Gasteiger partial charge in [-0.05, 0) is 46.8 Å². The molecule has 5 heteroatoms. The van der Waals surface area contributed by atoms with Crippen LogP contribution in [-0.2, 0) is 9.47 Å². The minimum Gasteiger partial charge on any atom is -0.461 e. The van der Waals surface area contributed by atoms with Gasteiger partial charge in [0.25, 0.3) is 0 Å². The molecular weight excluding hydrogens is 286 g/mol. The monoisotopic (exact) mass is 299 g/mol. The molecule has 0 atom stereocenters. The molecule has 92 valence electrons. The van der Waals surface area contributed by atoms with Crippen LogP contribution >= 0.6 is 15.9 Å². The number of carbonyl (C=O) groups is 1. The maximum Gasteiger partial charge on any atom is 0.356 e. The van der Waals surface area contributed by atoms with Crippen LogP contribution in [0.2, 0.25) is 0 Å². The average Bonchev–Trinajstić information content (AvgIpc) is 2.37. The molecule has 0 bridgehead atoms. The van der Waals surface area contributed by atoms with Crippen molar-refractivity contribution in [1.82, 2.24) is 4.98 Å². The fourth-order valence-electron chi connectivity index (χ4n) is 1.70. The Bertz CT molecular complexity index is 391. The summed E-state index contributed by atoms with van der Waals surface area (Å²) in [5, 5.41) is 0. The van der Waals surface area contributed by atoms with Crippen molar-refractivity contribution in [3.05, 3.63) is 28.5 Å². The lowest BCUT2D eigenvalue weighted by molar-refractivity contribution is 0.0181. The van der Waals surface area contributed by atoms with Crippen LogP contribution in [0.5, 0.6) is 0 Å². The van der Waals surface area contributed by atoms with Crippen LogP contribution in [0.15, 0.2) is 22.8 Å². The molecule has 0 spiro atoms. The quantitative estimate of drug-likeness (QED) is 0.635. The lowest BCUT2D eigenvalue weighted by atomic mass is 10.0. The molecule has 0 unspecified atom stereocenters. The average molecular weight is 300 g/mol. The first-order valence-electron chi connectivity index (χ1n) is 5.63. The van der Waals surface area contributed by atoms with E-state index in [-0.39, 0.29) is 5.97 Å². The van der Waals surface area contributed by atoms with Crippen molar-refractivity contribution in [1.29, 1.82) is 0 Å². The number of hydrogen-bond donors (Lipinski definition) is 0. The first-order valence-corrected chi connectivity index (χ1v) is 6.42. The van der Waals surface area contributed by atoms with Crippen molar-refractivity contribution in [3.8, 4) is 0 Å². The van der Waals surface area contributed by atoms with Crippen LogP contribution in [0, 0.1) is 5.92 Å². The SMILES string of the molecule is O=C(OCC1CCOCC1)c1cccc(Br)n1. The number of aromatic nitrogens is 1. The van der Waals surface area contributed by atoms with Crippen molar-refractivity contribution in [2.75, 3.05) is 19.8 Å². The first kappa shape index (κ1) is 12.5. The Morgan fingerprint density at radius 2 is 2.24 bits per heavy atom. The Morgan fingerprint density at radius 1 is 1.47 bits per heavy atom. The molecule has 0 amide bonds. The molecule has 2 rings (SSSR count). The Kier molecular flexibility index (Phi) is 4.50. The summed E-state index contributed by atoms with van der Waals surface area (Å²) in [6, 6.07) is 5.19. The summed E-state index contributed by atoms with van der Waals surface area (Å²) in [5.74, 6) is 0.0534. The molecule has 0 N–H and O–H groups in total. The van der Waals surface area contributed by atoms with Crippen molar-refractivity contribution < 1.29 is 14.3 Å². The minimum atomic E-state index is -0.363. The zero-order chi connectivity index (χ0) is 12.1. The van der Waals surface area contributed by atoms with E-state index < -0.39 is 0 Å². The normalized spacial score (nSPS) is 16.8. The van der Waals surface area contributed by atoms with E-state index >= 15 is 0 Å². The van der Waals surface area contributed by atoms with Crippen LogP contribution in [0.3, 0.4) is 0 Å². The predicted octanol–water partition coefficient (Wildman–Crippen LogP) is 2.43. The molecule has 1 fully saturated rings. The topological polar surface area (TPSA) is 48.4 Å². The van der Waals surface area contributed by atoms with Gasteiger partial charge in [0.2, 0.25) is 0 Å². The molecule has 4 nitrogen and oxygen atoms in total. The predicted molar refractivity (Wildman–Crippen MR) is 65.8 cm³/mol. The van der Waals surface area contributed by atoms with Gasteiger partial charge in [-0.2, -0.15) is 0 Å². The van der Waals surface area contributed by atoms with E-state index in [1.54, 1.807) is 18.2 Å². The van der Waals surface area contributed by atoms with Gasteiger partial charge in [-0.25, -0.2) is 9.78 Å². The summed E-state index contributed by atoms with van der Waals surface area (Å²) in [7, 11) is 0. The second kappa shape index (κ2) is 6.12. The van der Waals surface area contributed by atoms with Crippen LogP contribution in [-0.4, -0.2) is 30.8 Å². The summed E-state index contributed by atoms with van der Waals surface area (Å²) in [5.41, 5.74) is 0.339. The third kappa shape index (κ3) is 3.78. The van der Waals surface area contributed by atoms with E-state index in [1.165, 1.54) is 0 Å². The summed E-state index contributed by atoms with van der Waals surface area (Å²) < 4.78 is 11.1. The third-order valence-corrected chi connectivity index (χ3v) is 3.16. The van der Waals surface area contributed by atoms with Gasteiger partial charge in [-0.1, -0.05) is 6.07 Å². The fraction of sp³-hybridized carbons (Fsp3) is 0.500. The lowest BCUT2D eigenvalue weighted by Crippen LogP contribution is -2.22. The van der Waals surface area contributed by atoms with Gasteiger partial charge in [-0.3, -0.25) is 0 Å². The molecular formula is C12H14BrNO3. The van der Waals surface area contributed by atoms with E-state index in [0.717, 1.165) is 26.1 Å². The Hall–Kier alpha value is -0.940. The fourth-order valence-corrected chi connectivity index (χ4v) is 2.05. The molecule has 1 saturated heterocycles. The minimum absolute atomic E-state index is 0.339. The third-order valence-electron chi connectivity index (χ3n) is 2.72. The molecule has 1 aromatic heterocycles. The number of halogens is 1. The highest BCUT2D eigenvalue weighted by atomic mass is 79.9. The highest BCUT2D eigenvalue weighted by Gasteiger charge is 2.17. The van der Waals surface area contributed by atoms with Crippen LogP contribution in [0.4, 0.5) is 0 Å². The summed E-state index contributed by atoms with van der Waals surface area (Å²) in [6.45, 7) is 1.98. The number of hydrogen-bond acceptors (Lipinski definition) is 4. The lowest BCUT2D eigenvalue weighted by Gasteiger charge is -2.21. The van der Waals surface area contributed by atoms with E-state index in [1.807, 2.05) is 0 Å². The van der Waals surface area contributed by atoms with Crippen LogP contribution in [0.1, 0.15) is 23.3 Å². The summed E-state index contributed by atoms with van der Waals surface area (Å²) in [4.78, 5) is 15.8. The number of esters is 1. The zero-order valence-electron chi connectivity index (χ0n) is 9.39. The number of carbonyl (C=O) groups excluding carboxylic acids is 1. The van der Waals surface area contributed by atoms with Gasteiger partial charge in [0, 0.05) is 13.2 Å². The van der Waals surface area contributed by atoms with E-state index in [4.69, 9.17) is 9.47 Å². The van der Waals surface area contributed by atoms with Crippen molar-refractivity contribution in [3.63, 3.8) is 0 Å². The molecule has 17 heavy (non-hydrogen) atoms. The maximum absolute atomic E-state index is 11.7. The second-order valence-electron chi connectivity index (χ2n) is 4.00. The van der Waals surface area contributed by atoms with Crippen molar-refractivity contribution in [2.24, 2.45) is 5.92 Å². The van der Waals surface area contributed by atoms with Gasteiger partial charge < -0.3 is 9.47 Å². The van der Waals surface area contributed by atoms with Gasteiger partial charge in [0.15, 0.2) is 0 Å². The standard InChI is InChI=1S/C12H14BrNO3/c13-11-3-1-2-10(14-11)12(15)17-8-9-4-6-16-7-5-9/h1-3,9H,4-8H2. The Morgan fingerprint density at radius 3 is 2.94 bits per heavy atom.